The van der Waals surface area contributed by atoms with Gasteiger partial charge in [-0.2, -0.15) is 0 Å². The first-order valence-electron chi connectivity index (χ1n) is 40.8. The zero-order valence-electron chi connectivity index (χ0n) is 69.2. The van der Waals surface area contributed by atoms with Crippen molar-refractivity contribution < 1.29 is 34.1 Å². The van der Waals surface area contributed by atoms with Crippen molar-refractivity contribution in [2.75, 3.05) is 85.2 Å². The lowest BCUT2D eigenvalue weighted by Gasteiger charge is -2.30. The summed E-state index contributed by atoms with van der Waals surface area (Å²) in [6.07, 6.45) is 15.9. The molecule has 0 unspecified atom stereocenters. The molecule has 0 radical (unpaired) electrons. The van der Waals surface area contributed by atoms with Gasteiger partial charge in [-0.1, -0.05) is 55.0 Å². The number of likely N-dealkylation sites (tertiary alicyclic amines) is 4. The van der Waals surface area contributed by atoms with E-state index in [1.807, 2.05) is 151 Å². The van der Waals surface area contributed by atoms with E-state index < -0.39 is 0 Å². The maximum atomic E-state index is 13.4. The highest BCUT2D eigenvalue weighted by atomic mass is 16.5. The van der Waals surface area contributed by atoms with Crippen molar-refractivity contribution in [2.45, 2.75) is 139 Å². The Morgan fingerprint density at radius 2 is 0.737 bits per heavy atom. The van der Waals surface area contributed by atoms with Crippen LogP contribution in [0.5, 0.6) is 5.75 Å². The highest BCUT2D eigenvalue weighted by Gasteiger charge is 2.36. The van der Waals surface area contributed by atoms with Gasteiger partial charge in [0, 0.05) is 95.4 Å². The second-order valence-electron chi connectivity index (χ2n) is 32.1. The largest absolute Gasteiger partial charge is 0.492 e. The Hall–Kier alpha value is -12.2. The van der Waals surface area contributed by atoms with E-state index >= 15 is 0 Å². The molecule has 0 bridgehead atoms. The number of nitrogens with zero attached hydrogens (tertiary/aromatic N) is 16. The summed E-state index contributed by atoms with van der Waals surface area (Å²) < 4.78 is 13.9. The van der Waals surface area contributed by atoms with Crippen molar-refractivity contribution >= 4 is 90.0 Å². The average Bonchev–Trinajstić information content (AvgIpc) is 1.62. The molecule has 12 aromatic rings. The van der Waals surface area contributed by atoms with E-state index in [1.165, 1.54) is 19.3 Å². The molecule has 118 heavy (non-hydrogen) atoms. The lowest BCUT2D eigenvalue weighted by Crippen LogP contribution is -2.41. The second-order valence-corrected chi connectivity index (χ2v) is 32.1. The number of aliphatic hydroxyl groups excluding tert-OH is 2. The van der Waals surface area contributed by atoms with E-state index in [0.717, 1.165) is 165 Å². The minimum Gasteiger partial charge on any atom is -0.492 e. The summed E-state index contributed by atoms with van der Waals surface area (Å²) in [5.74, 6) is 1.35. The topological polar surface area (TPSA) is 220 Å². The Morgan fingerprint density at radius 1 is 0.424 bits per heavy atom. The van der Waals surface area contributed by atoms with Crippen LogP contribution in [0.3, 0.4) is 0 Å². The van der Waals surface area contributed by atoms with Crippen LogP contribution in [0.25, 0.3) is 86.3 Å². The summed E-state index contributed by atoms with van der Waals surface area (Å²) in [7, 11) is 0. The number of Topliss-reactive ketones (excluding diaryl/α,β-unsaturated/α-hetero) is 4. The van der Waals surface area contributed by atoms with Crippen LogP contribution in [0.2, 0.25) is 0 Å². The minimum absolute atomic E-state index is 0.0204. The highest BCUT2D eigenvalue weighted by molar-refractivity contribution is 6.12. The number of carbonyl (C=O) groups excluding carboxylic acids is 4. The summed E-state index contributed by atoms with van der Waals surface area (Å²) in [5.41, 5.74) is 21.9. The molecule has 0 amide bonds. The van der Waals surface area contributed by atoms with Gasteiger partial charge in [0.2, 0.25) is 0 Å². The third kappa shape index (κ3) is 18.2. The quantitative estimate of drug-likeness (QED) is 0.0568. The normalized spacial score (nSPS) is 15.4. The molecule has 4 fully saturated rings. The summed E-state index contributed by atoms with van der Waals surface area (Å²) in [6, 6.07) is 37.8. The molecule has 0 saturated carbocycles. The third-order valence-corrected chi connectivity index (χ3v) is 23.4. The highest BCUT2D eigenvalue weighted by Crippen LogP contribution is 2.38. The van der Waals surface area contributed by atoms with Crippen LogP contribution < -0.4 is 4.74 Å². The van der Waals surface area contributed by atoms with Crippen LogP contribution in [-0.4, -0.2) is 188 Å². The van der Waals surface area contributed by atoms with Gasteiger partial charge in [0.1, 0.15) is 5.75 Å². The standard InChI is InChI=1S/C24H26N4O3.C24H26N4O2.C24H26N4O.C23H24N4O/c1-4-31-20-13-21-24(26-14-20)23(22(30)15-27-11-9-19(29)10-12-27)16(2)28(21)18-7-5-17(25-3)6-8-18;1-16-12-21-24(26-13-16)23(22(30)14-27-10-8-18(15-29)9-11-27)17(2)28(21)20-6-4-19(25-3)5-7-20;1-16-13-20-23(26-14-16)22(21(29)15-27-12-6-11-24(27,3)4)17(2)28(20)19-9-7-18(25-5)8-10-19;1-16-13-20-23(25-14-16)22(21(28)15-26-11-5-4-6-12-26)17(2)27(20)19-9-7-18(24-3)8-10-19/h5-8,13-14,19,29H,4,9-12,15H2,1-2H3;4-7,12-13,18,29H,8-11,14-15H2,1-2H3;7-10,13-14H,6,11-12,15H2,1-4H3;7-10,13-14H,4-6,11-12,15H2,1-2H3. The summed E-state index contributed by atoms with van der Waals surface area (Å²) in [6.45, 7) is 57.3. The van der Waals surface area contributed by atoms with E-state index in [2.05, 4.69) is 105 Å². The molecule has 8 aromatic heterocycles. The fourth-order valence-corrected chi connectivity index (χ4v) is 17.1. The number of carbonyl (C=O) groups is 4. The van der Waals surface area contributed by atoms with E-state index in [9.17, 15) is 29.4 Å². The Balaban J connectivity index is 0.000000136. The summed E-state index contributed by atoms with van der Waals surface area (Å²) in [5, 5.41) is 19.1. The van der Waals surface area contributed by atoms with Crippen molar-refractivity contribution in [3.63, 3.8) is 0 Å². The minimum atomic E-state index is -0.271. The van der Waals surface area contributed by atoms with Crippen LogP contribution in [0.1, 0.15) is 159 Å². The van der Waals surface area contributed by atoms with E-state index in [-0.39, 0.29) is 41.4 Å². The van der Waals surface area contributed by atoms with Crippen molar-refractivity contribution in [2.24, 2.45) is 5.92 Å². The number of pyridine rings is 4. The first-order valence-corrected chi connectivity index (χ1v) is 40.8. The fraction of sp³-hybridized carbons (Fsp3) is 0.368. The van der Waals surface area contributed by atoms with Crippen molar-refractivity contribution in [1.82, 2.24) is 57.8 Å². The number of aromatic nitrogens is 8. The van der Waals surface area contributed by atoms with Crippen LogP contribution in [-0.2, 0) is 0 Å². The molecule has 4 aliphatic rings. The Kier molecular flexibility index (Phi) is 26.3. The maximum Gasteiger partial charge on any atom is 0.187 e. The van der Waals surface area contributed by atoms with Crippen molar-refractivity contribution in [3.05, 3.63) is 254 Å². The zero-order valence-corrected chi connectivity index (χ0v) is 69.2. The molecule has 4 aromatic carbocycles. The predicted molar refractivity (Wildman–Crippen MR) is 464 cm³/mol. The Morgan fingerprint density at radius 3 is 1.05 bits per heavy atom. The van der Waals surface area contributed by atoms with Crippen molar-refractivity contribution in [3.8, 4) is 28.5 Å². The maximum absolute atomic E-state index is 13.4. The SMILES string of the molecule is [C-]#[N+]c1ccc(-n2c(C)c(C(=O)CN3CCC(CO)CC3)c3ncc(C)cc32)cc1.[C-]#[N+]c1ccc(-n2c(C)c(C(=O)CN3CCC(O)CC3)c3ncc(OCC)cc32)cc1.[C-]#[N+]c1ccc(-n2c(C)c(C(=O)CN3CCCC3(C)C)c3ncc(C)cc32)cc1.[C-]#[N+]c1ccc(-n2c(C)c(C(=O)CN3CCCCC3)c3ncc(C)cc32)cc1. The molecule has 16 rings (SSSR count). The Bertz CT molecular complexity index is 5900. The molecule has 0 atom stereocenters. The average molecular weight is 1580 g/mol. The smallest absolute Gasteiger partial charge is 0.187 e. The number of ketones is 4. The van der Waals surface area contributed by atoms with E-state index in [4.69, 9.17) is 31.0 Å². The number of aryl methyl sites for hydroxylation is 3. The third-order valence-electron chi connectivity index (χ3n) is 23.4. The molecule has 2 N–H and O–H groups in total. The van der Waals surface area contributed by atoms with Gasteiger partial charge >= 0.3 is 0 Å². The van der Waals surface area contributed by atoms with Crippen molar-refractivity contribution in [1.29, 1.82) is 0 Å². The number of benzene rings is 4. The van der Waals surface area contributed by atoms with Gasteiger partial charge in [-0.25, -0.2) is 24.4 Å². The van der Waals surface area contributed by atoms with Gasteiger partial charge in [0.15, 0.2) is 45.9 Å². The van der Waals surface area contributed by atoms with Gasteiger partial charge in [-0.05, 0) is 243 Å². The number of ether oxygens (including phenoxy) is 1. The molecule has 4 aliphatic heterocycles. The van der Waals surface area contributed by atoms with Gasteiger partial charge in [0.05, 0.1) is 138 Å². The molecular formula is C95H102N16O7. The molecule has 4 saturated heterocycles. The second kappa shape index (κ2) is 37.0. The molecule has 0 aliphatic carbocycles. The number of aliphatic hydroxyl groups is 2. The van der Waals surface area contributed by atoms with Gasteiger partial charge in [-0.15, -0.1) is 0 Å². The number of hydrogen-bond donors (Lipinski definition) is 2. The summed E-state index contributed by atoms with van der Waals surface area (Å²) >= 11 is 0. The number of fused-ring (bicyclic) bond motifs is 4. The van der Waals surface area contributed by atoms with Crippen LogP contribution in [0, 0.1) is 80.7 Å². The van der Waals surface area contributed by atoms with Crippen LogP contribution in [0.15, 0.2) is 146 Å². The fourth-order valence-electron chi connectivity index (χ4n) is 17.1. The van der Waals surface area contributed by atoms with Crippen LogP contribution in [0.4, 0.5) is 22.7 Å². The lowest BCUT2D eigenvalue weighted by atomic mass is 9.97. The van der Waals surface area contributed by atoms with Gasteiger partial charge in [-0.3, -0.25) is 53.7 Å². The zero-order chi connectivity index (χ0) is 83.6. The first kappa shape index (κ1) is 83.8. The molecular weight excluding hydrogens is 1480 g/mol. The number of hydrogen-bond acceptors (Lipinski definition) is 15. The van der Waals surface area contributed by atoms with Crippen LogP contribution >= 0.6 is 0 Å². The van der Waals surface area contributed by atoms with E-state index in [1.54, 1.807) is 36.7 Å². The molecule has 0 spiro atoms. The molecule has 604 valence electrons. The monoisotopic (exact) mass is 1580 g/mol. The number of piperidine rings is 3. The predicted octanol–water partition coefficient (Wildman–Crippen LogP) is 18.1. The summed E-state index contributed by atoms with van der Waals surface area (Å²) in [4.78, 5) is 94.5. The van der Waals surface area contributed by atoms with Gasteiger partial charge < -0.3 is 33.2 Å². The molecule has 12 heterocycles. The molecule has 23 heteroatoms. The molecule has 23 nitrogen and oxygen atoms in total. The Labute approximate surface area is 690 Å². The number of rotatable bonds is 19. The van der Waals surface area contributed by atoms with E-state index in [0.29, 0.717) is 115 Å². The first-order chi connectivity index (χ1) is 56.9. The van der Waals surface area contributed by atoms with Gasteiger partial charge in [0.25, 0.3) is 0 Å². The lowest BCUT2D eigenvalue weighted by molar-refractivity contribution is 0.0711.